The predicted molar refractivity (Wildman–Crippen MR) is 276 cm³/mol. The Morgan fingerprint density at radius 1 is 0.600 bits per heavy atom. The largest absolute Gasteiger partial charge is 0.455 e. The fourth-order valence-electron chi connectivity index (χ4n) is 10.8. The highest BCUT2D eigenvalue weighted by atomic mass is 32.1. The van der Waals surface area contributed by atoms with Crippen LogP contribution >= 0.6 is 11.3 Å². The molecule has 0 N–H and O–H groups in total. The standard InChI is InChI=1S/C61H44N2OS/c1-39-37-46(34-35-47(39)53-20-12-21-54-51-17-7-10-24-59(51)65-61(53)54)62(45-32-27-41(28-33-45)48-18-11-19-52-50-16-6-9-23-58(50)64-60(48)52)44-30-25-40(26-31-44)42-29-36-57-55(38-42)49-15-5-8-22-56(49)63(57)43-13-3-2-4-14-43/h2-35,37-39,47,57H,36H2,1H3/t39-,47?,57?/m1/s1. The van der Waals surface area contributed by atoms with Gasteiger partial charge in [-0.2, -0.15) is 0 Å². The molecule has 10 aromatic rings. The van der Waals surface area contributed by atoms with Gasteiger partial charge in [0.1, 0.15) is 11.2 Å². The van der Waals surface area contributed by atoms with E-state index in [1.165, 1.54) is 65.1 Å². The highest BCUT2D eigenvalue weighted by Crippen LogP contribution is 2.50. The summed E-state index contributed by atoms with van der Waals surface area (Å²) < 4.78 is 9.20. The number of furan rings is 1. The lowest BCUT2D eigenvalue weighted by Gasteiger charge is -2.32. The maximum Gasteiger partial charge on any atom is 0.143 e. The zero-order valence-corrected chi connectivity index (χ0v) is 36.8. The van der Waals surface area contributed by atoms with Crippen molar-refractivity contribution in [3.8, 4) is 11.1 Å². The first-order valence-electron chi connectivity index (χ1n) is 22.7. The molecule has 65 heavy (non-hydrogen) atoms. The van der Waals surface area contributed by atoms with E-state index in [4.69, 9.17) is 4.42 Å². The minimum atomic E-state index is 0.264. The van der Waals surface area contributed by atoms with Crippen molar-refractivity contribution < 1.29 is 4.42 Å². The van der Waals surface area contributed by atoms with E-state index in [0.717, 1.165) is 50.9 Å². The van der Waals surface area contributed by atoms with E-state index in [1.54, 1.807) is 0 Å². The molecule has 0 saturated heterocycles. The topological polar surface area (TPSA) is 19.6 Å². The average Bonchev–Trinajstić information content (AvgIpc) is 4.05. The van der Waals surface area contributed by atoms with Crippen LogP contribution in [-0.4, -0.2) is 6.04 Å². The summed E-state index contributed by atoms with van der Waals surface area (Å²) in [5.74, 6) is 0.536. The van der Waals surface area contributed by atoms with Gasteiger partial charge in [0, 0.05) is 76.4 Å². The Hall–Kier alpha value is -7.66. The van der Waals surface area contributed by atoms with Gasteiger partial charge in [-0.05, 0) is 107 Å². The number of allylic oxidation sites excluding steroid dienone is 5. The van der Waals surface area contributed by atoms with Crippen molar-refractivity contribution in [2.45, 2.75) is 25.3 Å². The summed E-state index contributed by atoms with van der Waals surface area (Å²) >= 11 is 1.92. The van der Waals surface area contributed by atoms with Crippen LogP contribution in [-0.2, 0) is 0 Å². The van der Waals surface area contributed by atoms with Gasteiger partial charge in [-0.1, -0.05) is 159 Å². The number of para-hydroxylation sites is 4. The second kappa shape index (κ2) is 15.3. The number of benzene rings is 8. The minimum absolute atomic E-state index is 0.264. The van der Waals surface area contributed by atoms with E-state index in [-0.39, 0.29) is 17.9 Å². The molecule has 0 radical (unpaired) electrons. The van der Waals surface area contributed by atoms with Crippen LogP contribution < -0.4 is 9.80 Å². The Morgan fingerprint density at radius 3 is 2.11 bits per heavy atom. The molecule has 0 fully saturated rings. The second-order valence-corrected chi connectivity index (χ2v) is 18.7. The van der Waals surface area contributed by atoms with Gasteiger partial charge >= 0.3 is 0 Å². The number of anilines is 4. The normalized spacial score (nSPS) is 17.9. The SMILES string of the molecule is C[C@@H]1C=C(N(c2ccc(C3=CCC4C(=C3)c3ccccc3N4c3ccccc3)cc2)c2ccc(-c3cccc4c3oc3ccccc34)cc2)C=CC1c1cccc2c1sc1ccccc12. The van der Waals surface area contributed by atoms with E-state index < -0.39 is 0 Å². The van der Waals surface area contributed by atoms with Gasteiger partial charge in [-0.3, -0.25) is 0 Å². The van der Waals surface area contributed by atoms with Crippen LogP contribution in [0.25, 0.3) is 64.4 Å². The summed E-state index contributed by atoms with van der Waals surface area (Å²) in [6.07, 6.45) is 13.0. The zero-order valence-electron chi connectivity index (χ0n) is 35.9. The maximum absolute atomic E-state index is 6.47. The minimum Gasteiger partial charge on any atom is -0.455 e. The monoisotopic (exact) mass is 852 g/mol. The van der Waals surface area contributed by atoms with Crippen molar-refractivity contribution in [2.75, 3.05) is 9.80 Å². The number of hydrogen-bond donors (Lipinski definition) is 0. The number of rotatable bonds is 7. The van der Waals surface area contributed by atoms with Gasteiger partial charge in [-0.15, -0.1) is 11.3 Å². The third kappa shape index (κ3) is 6.24. The maximum atomic E-state index is 6.47. The molecule has 0 spiro atoms. The Kier molecular flexibility index (Phi) is 8.89. The number of thiophene rings is 1. The van der Waals surface area contributed by atoms with E-state index in [9.17, 15) is 0 Å². The van der Waals surface area contributed by atoms with Crippen LogP contribution in [0.1, 0.15) is 36.0 Å². The summed E-state index contributed by atoms with van der Waals surface area (Å²) in [5, 5.41) is 4.98. The van der Waals surface area contributed by atoms with E-state index >= 15 is 0 Å². The molecule has 0 bridgehead atoms. The van der Waals surface area contributed by atoms with Crippen LogP contribution in [0.2, 0.25) is 0 Å². The smallest absolute Gasteiger partial charge is 0.143 e. The van der Waals surface area contributed by atoms with Gasteiger partial charge in [0.05, 0.1) is 6.04 Å². The molecule has 2 aromatic heterocycles. The van der Waals surface area contributed by atoms with Crippen molar-refractivity contribution in [1.82, 2.24) is 0 Å². The Bertz CT molecular complexity index is 3610. The number of nitrogens with zero attached hydrogens (tertiary/aromatic N) is 2. The second-order valence-electron chi connectivity index (χ2n) is 17.6. The van der Waals surface area contributed by atoms with Crippen LogP contribution in [0.5, 0.6) is 0 Å². The quantitative estimate of drug-likeness (QED) is 0.159. The van der Waals surface area contributed by atoms with Crippen LogP contribution in [0.4, 0.5) is 22.7 Å². The summed E-state index contributed by atoms with van der Waals surface area (Å²) in [6, 6.07) is 68.6. The van der Waals surface area contributed by atoms with Gasteiger partial charge in [-0.25, -0.2) is 0 Å². The lowest BCUT2D eigenvalue weighted by molar-refractivity contribution is 0.632. The molecule has 4 heteroatoms. The fraction of sp³-hybridized carbons (Fsp3) is 0.0820. The number of hydrogen-bond acceptors (Lipinski definition) is 4. The predicted octanol–water partition coefficient (Wildman–Crippen LogP) is 17.0. The van der Waals surface area contributed by atoms with Gasteiger partial charge in [0.15, 0.2) is 0 Å². The molecule has 3 nitrogen and oxygen atoms in total. The third-order valence-electron chi connectivity index (χ3n) is 13.9. The molecule has 3 atom stereocenters. The summed E-state index contributed by atoms with van der Waals surface area (Å²) in [5.41, 5.74) is 16.6. The lowest BCUT2D eigenvalue weighted by Crippen LogP contribution is -2.27. The Labute approximate surface area is 382 Å². The van der Waals surface area contributed by atoms with Crippen LogP contribution in [0, 0.1) is 5.92 Å². The van der Waals surface area contributed by atoms with Gasteiger partial charge in [0.25, 0.3) is 0 Å². The summed E-state index contributed by atoms with van der Waals surface area (Å²) in [7, 11) is 0. The molecule has 310 valence electrons. The molecule has 0 saturated carbocycles. The van der Waals surface area contributed by atoms with E-state index in [2.05, 4.69) is 229 Å². The highest BCUT2D eigenvalue weighted by molar-refractivity contribution is 7.26. The number of fused-ring (bicyclic) bond motifs is 9. The van der Waals surface area contributed by atoms with E-state index in [0.29, 0.717) is 0 Å². The molecule has 2 unspecified atom stereocenters. The first-order valence-corrected chi connectivity index (χ1v) is 23.5. The fourth-order valence-corrected chi connectivity index (χ4v) is 12.0. The zero-order chi connectivity index (χ0) is 43.0. The molecule has 3 heterocycles. The van der Waals surface area contributed by atoms with Crippen molar-refractivity contribution in [3.05, 3.63) is 241 Å². The van der Waals surface area contributed by atoms with Crippen molar-refractivity contribution >= 4 is 87.3 Å². The van der Waals surface area contributed by atoms with E-state index in [1.807, 2.05) is 17.4 Å². The molecule has 1 aliphatic heterocycles. The first kappa shape index (κ1) is 37.9. The molecule has 3 aliphatic rings. The highest BCUT2D eigenvalue weighted by Gasteiger charge is 2.36. The van der Waals surface area contributed by atoms with Gasteiger partial charge < -0.3 is 14.2 Å². The molecule has 13 rings (SSSR count). The average molecular weight is 853 g/mol. The molecule has 8 aromatic carbocycles. The van der Waals surface area contributed by atoms with Crippen molar-refractivity contribution in [3.63, 3.8) is 0 Å². The van der Waals surface area contributed by atoms with Crippen LogP contribution in [0.15, 0.2) is 229 Å². The molecular weight excluding hydrogens is 809 g/mol. The van der Waals surface area contributed by atoms with Gasteiger partial charge in [0.2, 0.25) is 0 Å². The van der Waals surface area contributed by atoms with Crippen molar-refractivity contribution in [2.24, 2.45) is 5.92 Å². The molecule has 2 aliphatic carbocycles. The summed E-state index contributed by atoms with van der Waals surface area (Å²) in [4.78, 5) is 4.94. The van der Waals surface area contributed by atoms with Crippen LogP contribution in [0.3, 0.4) is 0 Å². The lowest BCUT2D eigenvalue weighted by atomic mass is 9.82. The Balaban J connectivity index is 0.865. The van der Waals surface area contributed by atoms with Crippen molar-refractivity contribution in [1.29, 1.82) is 0 Å². The molecule has 0 amide bonds. The first-order chi connectivity index (χ1) is 32.1. The Morgan fingerprint density at radius 2 is 1.28 bits per heavy atom. The third-order valence-corrected chi connectivity index (χ3v) is 15.1. The molecular formula is C61H44N2OS. The summed E-state index contributed by atoms with van der Waals surface area (Å²) in [6.45, 7) is 2.37.